The summed E-state index contributed by atoms with van der Waals surface area (Å²) in [5.41, 5.74) is 1.43. The van der Waals surface area contributed by atoms with Crippen LogP contribution in [0.2, 0.25) is 10.4 Å². The number of hydrogen-bond donors (Lipinski definition) is 0. The van der Waals surface area contributed by atoms with E-state index in [1.807, 2.05) is 13.8 Å². The third kappa shape index (κ3) is 1.83. The third-order valence-electron chi connectivity index (χ3n) is 5.95. The molecule has 5 rings (SSSR count). The van der Waals surface area contributed by atoms with Gasteiger partial charge in [-0.3, -0.25) is 0 Å². The van der Waals surface area contributed by atoms with Gasteiger partial charge in [-0.15, -0.1) is 0 Å². The van der Waals surface area contributed by atoms with E-state index in [0.717, 1.165) is 12.8 Å². The van der Waals surface area contributed by atoms with Gasteiger partial charge < -0.3 is 14.0 Å². The van der Waals surface area contributed by atoms with E-state index in [9.17, 15) is 0 Å². The Kier molecular flexibility index (Phi) is 2.94. The maximum absolute atomic E-state index is 6.27. The molecule has 0 spiro atoms. The summed E-state index contributed by atoms with van der Waals surface area (Å²) in [7, 11) is 0. The zero-order valence-electron chi connectivity index (χ0n) is 13.7. The SMILES string of the molecule is CC[C@@]12C[C@@H]1[C@@H](n1cnc3c(Cl)nc(Cl)nc31)[C@H]1OC(C)(C)OC12. The number of imidazole rings is 1. The van der Waals surface area contributed by atoms with E-state index in [1.165, 1.54) is 0 Å². The molecule has 0 aromatic carbocycles. The molecular formula is C16H18Cl2N4O2. The molecule has 0 bridgehead atoms. The molecule has 1 unspecified atom stereocenters. The van der Waals surface area contributed by atoms with E-state index < -0.39 is 5.79 Å². The first kappa shape index (κ1) is 15.3. The molecule has 2 aliphatic carbocycles. The molecule has 0 amide bonds. The Morgan fingerprint density at radius 2 is 2.08 bits per heavy atom. The van der Waals surface area contributed by atoms with Crippen LogP contribution < -0.4 is 0 Å². The molecule has 0 N–H and O–H groups in total. The molecule has 1 saturated heterocycles. The number of nitrogens with zero attached hydrogens (tertiary/aromatic N) is 4. The van der Waals surface area contributed by atoms with Crippen molar-refractivity contribution < 1.29 is 9.47 Å². The lowest BCUT2D eigenvalue weighted by atomic mass is 9.96. The van der Waals surface area contributed by atoms with Crippen LogP contribution >= 0.6 is 23.2 Å². The molecule has 1 aliphatic heterocycles. The van der Waals surface area contributed by atoms with Crippen LogP contribution in [0.15, 0.2) is 6.33 Å². The maximum atomic E-state index is 6.27. The predicted octanol–water partition coefficient (Wildman–Crippen LogP) is 3.62. The highest BCUT2D eigenvalue weighted by Gasteiger charge is 2.75. The van der Waals surface area contributed by atoms with Crippen LogP contribution in [0, 0.1) is 11.3 Å². The van der Waals surface area contributed by atoms with Crippen molar-refractivity contribution in [1.29, 1.82) is 0 Å². The molecule has 2 aromatic rings. The Balaban J connectivity index is 1.65. The van der Waals surface area contributed by atoms with Gasteiger partial charge in [0, 0.05) is 5.41 Å². The molecule has 0 radical (unpaired) electrons. The van der Waals surface area contributed by atoms with E-state index in [0.29, 0.717) is 17.1 Å². The van der Waals surface area contributed by atoms with E-state index in [-0.39, 0.29) is 34.1 Å². The van der Waals surface area contributed by atoms with Crippen molar-refractivity contribution in [2.75, 3.05) is 0 Å². The number of aromatic nitrogens is 4. The summed E-state index contributed by atoms with van der Waals surface area (Å²) in [5.74, 6) is -0.0669. The Morgan fingerprint density at radius 1 is 1.29 bits per heavy atom. The van der Waals surface area contributed by atoms with Gasteiger partial charge in [-0.05, 0) is 44.2 Å². The summed E-state index contributed by atoms with van der Waals surface area (Å²) in [6.07, 6.45) is 4.10. The van der Waals surface area contributed by atoms with Crippen LogP contribution in [0.3, 0.4) is 0 Å². The van der Waals surface area contributed by atoms with Gasteiger partial charge in [-0.2, -0.15) is 4.98 Å². The monoisotopic (exact) mass is 368 g/mol. The van der Waals surface area contributed by atoms with Gasteiger partial charge in [0.05, 0.1) is 18.5 Å². The van der Waals surface area contributed by atoms with Crippen molar-refractivity contribution in [3.8, 4) is 0 Å². The summed E-state index contributed by atoms with van der Waals surface area (Å²) in [5, 5.41) is 0.407. The molecular weight excluding hydrogens is 351 g/mol. The molecule has 3 fully saturated rings. The van der Waals surface area contributed by atoms with Crippen molar-refractivity contribution in [1.82, 2.24) is 19.5 Å². The van der Waals surface area contributed by atoms with E-state index in [4.69, 9.17) is 32.7 Å². The fraction of sp³-hybridized carbons (Fsp3) is 0.688. The van der Waals surface area contributed by atoms with Crippen molar-refractivity contribution in [2.45, 2.75) is 57.6 Å². The summed E-state index contributed by atoms with van der Waals surface area (Å²) < 4.78 is 14.6. The summed E-state index contributed by atoms with van der Waals surface area (Å²) in [4.78, 5) is 12.8. The average molecular weight is 369 g/mol. The van der Waals surface area contributed by atoms with Crippen LogP contribution in [0.25, 0.3) is 11.2 Å². The Hall–Kier alpha value is -0.950. The summed E-state index contributed by atoms with van der Waals surface area (Å²) in [6, 6.07) is 0.128. The molecule has 128 valence electrons. The van der Waals surface area contributed by atoms with E-state index >= 15 is 0 Å². The predicted molar refractivity (Wildman–Crippen MR) is 89.0 cm³/mol. The molecule has 3 aliphatic rings. The summed E-state index contributed by atoms with van der Waals surface area (Å²) >= 11 is 12.2. The van der Waals surface area contributed by atoms with Crippen molar-refractivity contribution >= 4 is 34.4 Å². The average Bonchev–Trinajstić information content (AvgIpc) is 2.78. The zero-order valence-corrected chi connectivity index (χ0v) is 15.2. The topological polar surface area (TPSA) is 62.1 Å². The Labute approximate surface area is 149 Å². The summed E-state index contributed by atoms with van der Waals surface area (Å²) in [6.45, 7) is 6.19. The highest BCUT2D eigenvalue weighted by atomic mass is 35.5. The van der Waals surface area contributed by atoms with Crippen LogP contribution in [-0.2, 0) is 9.47 Å². The molecule has 2 aromatic heterocycles. The molecule has 2 saturated carbocycles. The first-order chi connectivity index (χ1) is 11.4. The second-order valence-electron chi connectivity index (χ2n) is 7.52. The standard InChI is InChI=1S/C16H18Cl2N4O2/c1-4-16-5-7(16)9(10-11(16)24-15(2,3)23-10)22-6-19-8-12(17)20-14(18)21-13(8)22/h6-7,9-11H,4-5H2,1-3H3/t7-,9-,10-,11?,16-/m1/s1. The zero-order chi connectivity index (χ0) is 16.9. The van der Waals surface area contributed by atoms with Crippen LogP contribution in [-0.4, -0.2) is 37.5 Å². The molecule has 3 heterocycles. The first-order valence-corrected chi connectivity index (χ1v) is 9.03. The second kappa shape index (κ2) is 4.61. The van der Waals surface area contributed by atoms with Crippen molar-refractivity contribution in [3.05, 3.63) is 16.8 Å². The maximum Gasteiger partial charge on any atom is 0.225 e. The van der Waals surface area contributed by atoms with Crippen LogP contribution in [0.1, 0.15) is 39.7 Å². The fourth-order valence-corrected chi connectivity index (χ4v) is 5.31. The number of hydrogen-bond acceptors (Lipinski definition) is 5. The normalized spacial score (nSPS) is 39.2. The second-order valence-corrected chi connectivity index (χ2v) is 8.21. The lowest BCUT2D eigenvalue weighted by molar-refractivity contribution is -0.161. The quantitative estimate of drug-likeness (QED) is 0.598. The minimum atomic E-state index is -0.566. The van der Waals surface area contributed by atoms with Crippen molar-refractivity contribution in [3.63, 3.8) is 0 Å². The molecule has 5 atom stereocenters. The number of fused-ring (bicyclic) bond motifs is 4. The first-order valence-electron chi connectivity index (χ1n) is 8.27. The van der Waals surface area contributed by atoms with Crippen molar-refractivity contribution in [2.24, 2.45) is 11.3 Å². The smallest absolute Gasteiger partial charge is 0.225 e. The van der Waals surface area contributed by atoms with Crippen LogP contribution in [0.5, 0.6) is 0 Å². The van der Waals surface area contributed by atoms with Gasteiger partial charge in [0.2, 0.25) is 5.28 Å². The lowest BCUT2D eigenvalue weighted by Crippen LogP contribution is -2.31. The fourth-order valence-electron chi connectivity index (χ4n) is 4.89. The number of halogens is 2. The highest BCUT2D eigenvalue weighted by Crippen LogP contribution is 2.73. The van der Waals surface area contributed by atoms with E-state index in [1.54, 1.807) is 6.33 Å². The molecule has 6 nitrogen and oxygen atoms in total. The lowest BCUT2D eigenvalue weighted by Gasteiger charge is -2.24. The van der Waals surface area contributed by atoms with E-state index in [2.05, 4.69) is 26.4 Å². The van der Waals surface area contributed by atoms with Gasteiger partial charge in [0.1, 0.15) is 11.6 Å². The number of ether oxygens (including phenoxy) is 2. The molecule has 8 heteroatoms. The largest absolute Gasteiger partial charge is 0.344 e. The Bertz CT molecular complexity index is 854. The van der Waals surface area contributed by atoms with Gasteiger partial charge >= 0.3 is 0 Å². The minimum absolute atomic E-state index is 0.0105. The van der Waals surface area contributed by atoms with Gasteiger partial charge in [-0.1, -0.05) is 18.5 Å². The minimum Gasteiger partial charge on any atom is -0.344 e. The number of rotatable bonds is 2. The van der Waals surface area contributed by atoms with Gasteiger partial charge in [0.15, 0.2) is 16.6 Å². The molecule has 24 heavy (non-hydrogen) atoms. The van der Waals surface area contributed by atoms with Gasteiger partial charge in [-0.25, -0.2) is 9.97 Å². The highest BCUT2D eigenvalue weighted by molar-refractivity contribution is 6.35. The van der Waals surface area contributed by atoms with Crippen LogP contribution in [0.4, 0.5) is 0 Å². The van der Waals surface area contributed by atoms with Gasteiger partial charge in [0.25, 0.3) is 0 Å². The third-order valence-corrected chi connectivity index (χ3v) is 6.39. The Morgan fingerprint density at radius 3 is 2.83 bits per heavy atom.